The summed E-state index contributed by atoms with van der Waals surface area (Å²) in [7, 11) is 0. The fourth-order valence-corrected chi connectivity index (χ4v) is 1.63. The summed E-state index contributed by atoms with van der Waals surface area (Å²) >= 11 is 2.54. The van der Waals surface area contributed by atoms with Gasteiger partial charge in [0.05, 0.1) is 5.56 Å². The van der Waals surface area contributed by atoms with Gasteiger partial charge >= 0.3 is 0 Å². The monoisotopic (exact) mass is 316 g/mol. The highest BCUT2D eigenvalue weighted by Crippen LogP contribution is 2.09. The standard InChI is InChI=1S/C6H5FN2OS.C5H5FN2S/c1-11-6-8-2-4(3-10)5(7)9-6;1-9-5-7-3-2-4(6)8-5/h2-3H,1H3;2-3H,1H3. The van der Waals surface area contributed by atoms with Gasteiger partial charge in [-0.05, 0) is 12.5 Å². The van der Waals surface area contributed by atoms with Gasteiger partial charge in [-0.3, -0.25) is 4.79 Å². The Hall–Kier alpha value is -1.61. The van der Waals surface area contributed by atoms with Crippen LogP contribution in [0.5, 0.6) is 0 Å². The first-order chi connectivity index (χ1) is 9.60. The van der Waals surface area contributed by atoms with Gasteiger partial charge in [-0.2, -0.15) is 18.7 Å². The Morgan fingerprint density at radius 3 is 2.20 bits per heavy atom. The van der Waals surface area contributed by atoms with E-state index in [0.29, 0.717) is 16.6 Å². The highest BCUT2D eigenvalue weighted by Gasteiger charge is 2.03. The smallest absolute Gasteiger partial charge is 0.227 e. The number of hydrogen-bond donors (Lipinski definition) is 0. The molecule has 20 heavy (non-hydrogen) atoms. The molecule has 2 rings (SSSR count). The second-order valence-corrected chi connectivity index (χ2v) is 4.63. The van der Waals surface area contributed by atoms with Crippen molar-refractivity contribution < 1.29 is 13.6 Å². The number of aromatic nitrogens is 4. The second-order valence-electron chi connectivity index (χ2n) is 3.09. The van der Waals surface area contributed by atoms with Crippen molar-refractivity contribution in [2.75, 3.05) is 12.5 Å². The van der Waals surface area contributed by atoms with E-state index < -0.39 is 11.9 Å². The first kappa shape index (κ1) is 16.4. The van der Waals surface area contributed by atoms with Crippen LogP contribution in [-0.4, -0.2) is 38.7 Å². The minimum Gasteiger partial charge on any atom is -0.298 e. The summed E-state index contributed by atoms with van der Waals surface area (Å²) < 4.78 is 24.8. The van der Waals surface area contributed by atoms with Crippen LogP contribution >= 0.6 is 23.5 Å². The van der Waals surface area contributed by atoms with Crippen LogP contribution in [0.15, 0.2) is 28.8 Å². The van der Waals surface area contributed by atoms with Gasteiger partial charge in [0.1, 0.15) is 0 Å². The summed E-state index contributed by atoms with van der Waals surface area (Å²) in [6.07, 6.45) is 6.49. The highest BCUT2D eigenvalue weighted by atomic mass is 32.2. The molecule has 2 aromatic rings. The van der Waals surface area contributed by atoms with Crippen molar-refractivity contribution >= 4 is 29.8 Å². The fourth-order valence-electron chi connectivity index (χ4n) is 0.951. The van der Waals surface area contributed by atoms with E-state index >= 15 is 0 Å². The second kappa shape index (κ2) is 8.54. The van der Waals surface area contributed by atoms with Crippen LogP contribution < -0.4 is 0 Å². The zero-order valence-corrected chi connectivity index (χ0v) is 12.2. The molecule has 9 heteroatoms. The minimum atomic E-state index is -0.764. The lowest BCUT2D eigenvalue weighted by molar-refractivity contribution is 0.111. The number of carbonyl (C=O) groups is 1. The Morgan fingerprint density at radius 1 is 1.10 bits per heavy atom. The molecule has 0 spiro atoms. The van der Waals surface area contributed by atoms with Crippen LogP contribution in [-0.2, 0) is 0 Å². The third-order valence-corrected chi connectivity index (χ3v) is 2.96. The van der Waals surface area contributed by atoms with Crippen molar-refractivity contribution in [2.24, 2.45) is 0 Å². The normalized spacial score (nSPS) is 9.60. The summed E-state index contributed by atoms with van der Waals surface area (Å²) in [5, 5.41) is 0.795. The van der Waals surface area contributed by atoms with E-state index in [1.54, 1.807) is 12.5 Å². The number of nitrogens with zero attached hydrogens (tertiary/aromatic N) is 4. The van der Waals surface area contributed by atoms with Crippen LogP contribution in [0.25, 0.3) is 0 Å². The number of carbonyl (C=O) groups excluding carboxylic acids is 1. The molecule has 0 aliphatic heterocycles. The lowest BCUT2D eigenvalue weighted by Gasteiger charge is -1.94. The van der Waals surface area contributed by atoms with Gasteiger partial charge in [-0.1, -0.05) is 23.5 Å². The molecule has 0 unspecified atom stereocenters. The zero-order chi connectivity index (χ0) is 15.0. The summed E-state index contributed by atoms with van der Waals surface area (Å²) in [6, 6.07) is 1.22. The lowest BCUT2D eigenvalue weighted by atomic mass is 10.4. The molecule has 0 bridgehead atoms. The molecule has 0 aliphatic carbocycles. The van der Waals surface area contributed by atoms with E-state index in [2.05, 4.69) is 19.9 Å². The number of halogens is 2. The van der Waals surface area contributed by atoms with Crippen LogP contribution in [0.2, 0.25) is 0 Å². The van der Waals surface area contributed by atoms with Gasteiger partial charge in [0, 0.05) is 18.5 Å². The van der Waals surface area contributed by atoms with Crippen LogP contribution in [0.1, 0.15) is 10.4 Å². The predicted molar refractivity (Wildman–Crippen MR) is 72.9 cm³/mol. The molecule has 106 valence electrons. The average molecular weight is 316 g/mol. The summed E-state index contributed by atoms with van der Waals surface area (Å²) in [5.41, 5.74) is -0.109. The van der Waals surface area contributed by atoms with Crippen molar-refractivity contribution in [2.45, 2.75) is 10.3 Å². The molecule has 0 saturated heterocycles. The Morgan fingerprint density at radius 2 is 1.75 bits per heavy atom. The maximum atomic E-state index is 12.6. The SMILES string of the molecule is CSc1ncc(C=O)c(F)n1.CSc1nccc(F)n1. The van der Waals surface area contributed by atoms with E-state index in [4.69, 9.17) is 0 Å². The Labute approximate surface area is 122 Å². The van der Waals surface area contributed by atoms with Crippen molar-refractivity contribution in [1.82, 2.24) is 19.9 Å². The summed E-state index contributed by atoms with van der Waals surface area (Å²) in [5.74, 6) is -1.24. The molecule has 5 nitrogen and oxygen atoms in total. The van der Waals surface area contributed by atoms with Crippen molar-refractivity contribution in [3.05, 3.63) is 35.9 Å². The third-order valence-electron chi connectivity index (χ3n) is 1.84. The zero-order valence-electron chi connectivity index (χ0n) is 10.6. The molecule has 2 heterocycles. The Balaban J connectivity index is 0.000000204. The van der Waals surface area contributed by atoms with Gasteiger partial charge in [-0.25, -0.2) is 9.97 Å². The Bertz CT molecular complexity index is 586. The highest BCUT2D eigenvalue weighted by molar-refractivity contribution is 7.98. The molecule has 0 atom stereocenters. The maximum Gasteiger partial charge on any atom is 0.227 e. The first-order valence-corrected chi connectivity index (χ1v) is 7.60. The van der Waals surface area contributed by atoms with Crippen LogP contribution in [0.3, 0.4) is 0 Å². The summed E-state index contributed by atoms with van der Waals surface area (Å²) in [6.45, 7) is 0. The maximum absolute atomic E-state index is 12.6. The quantitative estimate of drug-likeness (QED) is 0.373. The molecule has 0 N–H and O–H groups in total. The Kier molecular flexibility index (Phi) is 7.02. The van der Waals surface area contributed by atoms with Crippen LogP contribution in [0, 0.1) is 11.9 Å². The molecular formula is C11H10F2N4OS2. The molecular weight excluding hydrogens is 306 g/mol. The van der Waals surface area contributed by atoms with Crippen molar-refractivity contribution in [3.63, 3.8) is 0 Å². The number of hydrogen-bond acceptors (Lipinski definition) is 7. The predicted octanol–water partition coefficient (Wildman–Crippen LogP) is 2.49. The summed E-state index contributed by atoms with van der Waals surface area (Å²) in [4.78, 5) is 24.5. The number of aldehydes is 1. The number of thioether (sulfide) groups is 2. The van der Waals surface area contributed by atoms with Crippen molar-refractivity contribution in [1.29, 1.82) is 0 Å². The lowest BCUT2D eigenvalue weighted by Crippen LogP contribution is -1.95. The molecule has 2 aromatic heterocycles. The molecule has 0 aromatic carbocycles. The van der Waals surface area contributed by atoms with E-state index in [1.807, 2.05) is 0 Å². The van der Waals surface area contributed by atoms with Gasteiger partial charge < -0.3 is 0 Å². The van der Waals surface area contributed by atoms with Gasteiger partial charge in [0.25, 0.3) is 0 Å². The van der Waals surface area contributed by atoms with Gasteiger partial charge in [-0.15, -0.1) is 0 Å². The van der Waals surface area contributed by atoms with E-state index in [1.165, 1.54) is 42.0 Å². The fraction of sp³-hybridized carbons (Fsp3) is 0.182. The molecule has 0 aliphatic rings. The van der Waals surface area contributed by atoms with Gasteiger partial charge in [0.2, 0.25) is 11.9 Å². The first-order valence-electron chi connectivity index (χ1n) is 5.15. The molecule has 0 amide bonds. The van der Waals surface area contributed by atoms with E-state index in [-0.39, 0.29) is 5.56 Å². The van der Waals surface area contributed by atoms with E-state index in [9.17, 15) is 13.6 Å². The third kappa shape index (κ3) is 5.17. The molecule has 0 radical (unpaired) electrons. The topological polar surface area (TPSA) is 68.6 Å². The molecule has 0 saturated carbocycles. The van der Waals surface area contributed by atoms with E-state index in [0.717, 1.165) is 0 Å². The van der Waals surface area contributed by atoms with Crippen molar-refractivity contribution in [3.8, 4) is 0 Å². The minimum absolute atomic E-state index is 0.109. The average Bonchev–Trinajstić information content (AvgIpc) is 2.47. The van der Waals surface area contributed by atoms with Gasteiger partial charge in [0.15, 0.2) is 16.6 Å². The molecule has 0 fully saturated rings. The number of rotatable bonds is 3. The largest absolute Gasteiger partial charge is 0.298 e. The van der Waals surface area contributed by atoms with Crippen LogP contribution in [0.4, 0.5) is 8.78 Å².